The van der Waals surface area contributed by atoms with Gasteiger partial charge in [-0.2, -0.15) is 5.26 Å². The van der Waals surface area contributed by atoms with Gasteiger partial charge in [-0.25, -0.2) is 12.7 Å². The lowest BCUT2D eigenvalue weighted by molar-refractivity contribution is 0.0878. The van der Waals surface area contributed by atoms with Crippen molar-refractivity contribution in [2.24, 2.45) is 0 Å². The number of amides is 1. The highest BCUT2D eigenvalue weighted by molar-refractivity contribution is 7.90. The molecule has 1 aromatic carbocycles. The molecule has 7 heteroatoms. The third-order valence-electron chi connectivity index (χ3n) is 2.68. The Kier molecular flexibility index (Phi) is 3.35. The molecule has 1 aliphatic heterocycles. The molecule has 0 saturated heterocycles. The van der Waals surface area contributed by atoms with E-state index in [1.807, 2.05) is 0 Å². The van der Waals surface area contributed by atoms with Gasteiger partial charge in [0.15, 0.2) is 0 Å². The Labute approximate surface area is 115 Å². The quantitative estimate of drug-likeness (QED) is 0.782. The number of benzene rings is 1. The largest absolute Gasteiger partial charge is 0.269 e. The second kappa shape index (κ2) is 4.68. The Morgan fingerprint density at radius 2 is 2.21 bits per heavy atom. The third-order valence-corrected chi connectivity index (χ3v) is 4.93. The summed E-state index contributed by atoms with van der Waals surface area (Å²) in [6, 6.07) is 6.16. The van der Waals surface area contributed by atoms with E-state index in [0.29, 0.717) is 5.57 Å². The predicted octanol–water partition coefficient (Wildman–Crippen LogP) is 1.95. The topological polar surface area (TPSA) is 78.2 Å². The smallest absolute Gasteiger partial charge is 0.268 e. The summed E-state index contributed by atoms with van der Waals surface area (Å²) in [5.74, 6) is -0.622. The van der Waals surface area contributed by atoms with Crippen LogP contribution in [0.4, 0.5) is 0 Å². The summed E-state index contributed by atoms with van der Waals surface area (Å²) in [5.41, 5.74) is 0.542. The zero-order valence-corrected chi connectivity index (χ0v) is 11.5. The molecule has 0 aromatic heterocycles. The van der Waals surface area contributed by atoms with Crippen molar-refractivity contribution in [1.82, 2.24) is 4.31 Å². The summed E-state index contributed by atoms with van der Waals surface area (Å²) in [5, 5.41) is 8.55. The molecule has 19 heavy (non-hydrogen) atoms. The van der Waals surface area contributed by atoms with E-state index in [-0.39, 0.29) is 22.0 Å². The van der Waals surface area contributed by atoms with E-state index in [9.17, 15) is 13.2 Å². The first-order valence-electron chi connectivity index (χ1n) is 5.30. The van der Waals surface area contributed by atoms with E-state index in [4.69, 9.17) is 16.9 Å². The maximum atomic E-state index is 12.3. The molecule has 1 aliphatic rings. The summed E-state index contributed by atoms with van der Waals surface area (Å²) < 4.78 is 25.3. The van der Waals surface area contributed by atoms with Crippen molar-refractivity contribution in [2.45, 2.75) is 11.8 Å². The van der Waals surface area contributed by atoms with Crippen LogP contribution in [0, 0.1) is 11.3 Å². The number of nitriles is 1. The van der Waals surface area contributed by atoms with Crippen LogP contribution in [-0.2, 0) is 10.0 Å². The third kappa shape index (κ3) is 2.11. The predicted molar refractivity (Wildman–Crippen MR) is 69.0 cm³/mol. The van der Waals surface area contributed by atoms with Crippen LogP contribution >= 0.6 is 11.6 Å². The van der Waals surface area contributed by atoms with Gasteiger partial charge in [-0.1, -0.05) is 17.7 Å². The van der Waals surface area contributed by atoms with Crippen LogP contribution in [0.25, 0.3) is 0 Å². The molecule has 98 valence electrons. The number of rotatable bonds is 2. The molecule has 0 saturated carbocycles. The summed E-state index contributed by atoms with van der Waals surface area (Å²) in [4.78, 5) is 11.9. The van der Waals surface area contributed by atoms with Gasteiger partial charge in [-0.3, -0.25) is 4.79 Å². The van der Waals surface area contributed by atoms with Crippen LogP contribution in [0.2, 0.25) is 5.02 Å². The van der Waals surface area contributed by atoms with Crippen LogP contribution < -0.4 is 0 Å². The van der Waals surface area contributed by atoms with Crippen molar-refractivity contribution in [1.29, 1.82) is 5.26 Å². The van der Waals surface area contributed by atoms with Crippen LogP contribution in [0.1, 0.15) is 17.3 Å². The molecular formula is C12H9ClN2O3S. The molecule has 0 bridgehead atoms. The zero-order valence-electron chi connectivity index (χ0n) is 9.92. The zero-order chi connectivity index (χ0) is 14.2. The van der Waals surface area contributed by atoms with Crippen molar-refractivity contribution in [2.75, 3.05) is 6.54 Å². The lowest BCUT2D eigenvalue weighted by Gasteiger charge is -2.14. The molecule has 0 atom stereocenters. The first kappa shape index (κ1) is 13.6. The Bertz CT molecular complexity index is 732. The number of fused-ring (bicyclic) bond motifs is 1. The second-order valence-corrected chi connectivity index (χ2v) is 6.26. The molecule has 1 amide bonds. The molecule has 0 N–H and O–H groups in total. The van der Waals surface area contributed by atoms with Crippen LogP contribution in [0.15, 0.2) is 34.7 Å². The lowest BCUT2D eigenvalue weighted by atomic mass is 10.2. The maximum Gasteiger partial charge on any atom is 0.269 e. The van der Waals surface area contributed by atoms with Crippen molar-refractivity contribution in [3.8, 4) is 6.07 Å². The molecule has 0 spiro atoms. The molecule has 0 unspecified atom stereocenters. The van der Waals surface area contributed by atoms with E-state index < -0.39 is 15.9 Å². The van der Waals surface area contributed by atoms with Gasteiger partial charge in [0.05, 0.1) is 23.2 Å². The monoisotopic (exact) mass is 296 g/mol. The number of carbonyl (C=O) groups excluding carboxylic acids is 1. The number of halogens is 1. The fourth-order valence-electron chi connectivity index (χ4n) is 1.83. The Morgan fingerprint density at radius 3 is 2.79 bits per heavy atom. The Hall–Kier alpha value is -1.84. The van der Waals surface area contributed by atoms with E-state index >= 15 is 0 Å². The summed E-state index contributed by atoms with van der Waals surface area (Å²) in [7, 11) is -3.94. The van der Waals surface area contributed by atoms with Gasteiger partial charge in [0.25, 0.3) is 15.9 Å². The Balaban J connectivity index is 2.54. The van der Waals surface area contributed by atoms with Gasteiger partial charge >= 0.3 is 0 Å². The maximum absolute atomic E-state index is 12.3. The lowest BCUT2D eigenvalue weighted by Crippen LogP contribution is -2.31. The SMILES string of the molecule is CC(=CC#N)CN1C(=O)c2cccc(Cl)c2S1(=O)=O. The number of hydrogen-bond donors (Lipinski definition) is 0. The highest BCUT2D eigenvalue weighted by Crippen LogP contribution is 2.35. The first-order valence-corrected chi connectivity index (χ1v) is 7.12. The average molecular weight is 297 g/mol. The summed E-state index contributed by atoms with van der Waals surface area (Å²) in [6.07, 6.45) is 1.20. The molecule has 1 aromatic rings. The molecule has 1 heterocycles. The minimum absolute atomic E-state index is 0.0234. The summed E-state index contributed by atoms with van der Waals surface area (Å²) in [6.45, 7) is 1.43. The molecule has 5 nitrogen and oxygen atoms in total. The second-order valence-electron chi connectivity index (χ2n) is 4.05. The van der Waals surface area contributed by atoms with Crippen molar-refractivity contribution in [3.63, 3.8) is 0 Å². The van der Waals surface area contributed by atoms with Gasteiger partial charge in [0.2, 0.25) is 0 Å². The van der Waals surface area contributed by atoms with Gasteiger partial charge in [-0.05, 0) is 24.6 Å². The van der Waals surface area contributed by atoms with Crippen molar-refractivity contribution < 1.29 is 13.2 Å². The first-order chi connectivity index (χ1) is 8.89. The fourth-order valence-corrected chi connectivity index (χ4v) is 3.96. The molecule has 0 radical (unpaired) electrons. The fraction of sp³-hybridized carbons (Fsp3) is 0.167. The summed E-state index contributed by atoms with van der Waals surface area (Å²) >= 11 is 5.86. The average Bonchev–Trinajstić information content (AvgIpc) is 2.52. The van der Waals surface area contributed by atoms with E-state index in [1.54, 1.807) is 13.0 Å². The standard InChI is InChI=1S/C12H9ClN2O3S/c1-8(5-6-14)7-15-12(16)9-3-2-4-10(13)11(9)19(15,17)18/h2-5H,7H2,1H3. The van der Waals surface area contributed by atoms with Gasteiger partial charge < -0.3 is 0 Å². The normalized spacial score (nSPS) is 17.2. The number of nitrogens with zero attached hydrogens (tertiary/aromatic N) is 2. The Morgan fingerprint density at radius 1 is 1.53 bits per heavy atom. The van der Waals surface area contributed by atoms with Crippen molar-refractivity contribution in [3.05, 3.63) is 40.4 Å². The minimum Gasteiger partial charge on any atom is -0.268 e. The van der Waals surface area contributed by atoms with Gasteiger partial charge in [0.1, 0.15) is 4.90 Å². The van der Waals surface area contributed by atoms with Crippen LogP contribution in [0.5, 0.6) is 0 Å². The van der Waals surface area contributed by atoms with Crippen LogP contribution in [0.3, 0.4) is 0 Å². The van der Waals surface area contributed by atoms with E-state index in [1.165, 1.54) is 24.3 Å². The van der Waals surface area contributed by atoms with E-state index in [2.05, 4.69) is 0 Å². The number of carbonyl (C=O) groups is 1. The highest BCUT2D eigenvalue weighted by Gasteiger charge is 2.42. The van der Waals surface area contributed by atoms with Gasteiger partial charge in [-0.15, -0.1) is 0 Å². The van der Waals surface area contributed by atoms with E-state index in [0.717, 1.165) is 4.31 Å². The highest BCUT2D eigenvalue weighted by atomic mass is 35.5. The molecule has 0 aliphatic carbocycles. The van der Waals surface area contributed by atoms with Gasteiger partial charge in [0, 0.05) is 6.08 Å². The van der Waals surface area contributed by atoms with Crippen molar-refractivity contribution >= 4 is 27.5 Å². The molecule has 2 rings (SSSR count). The number of hydrogen-bond acceptors (Lipinski definition) is 4. The number of sulfonamides is 1. The molecular weight excluding hydrogens is 288 g/mol. The number of allylic oxidation sites excluding steroid dienone is 1. The minimum atomic E-state index is -3.94. The molecule has 0 fully saturated rings. The van der Waals surface area contributed by atoms with Crippen LogP contribution in [-0.4, -0.2) is 25.2 Å².